The molecular formula is C19H29ClN4O. The first-order chi connectivity index (χ1) is 11.8. The molecule has 1 saturated carbocycles. The fourth-order valence-electron chi connectivity index (χ4n) is 2.63. The molecule has 0 saturated heterocycles. The summed E-state index contributed by atoms with van der Waals surface area (Å²) in [4.78, 5) is 16.1. The van der Waals surface area contributed by atoms with Crippen LogP contribution in [0.3, 0.4) is 0 Å². The number of halogens is 1. The van der Waals surface area contributed by atoms with Crippen molar-refractivity contribution in [3.05, 3.63) is 34.9 Å². The van der Waals surface area contributed by atoms with Crippen molar-refractivity contribution in [1.82, 2.24) is 16.0 Å². The third-order valence-corrected chi connectivity index (χ3v) is 4.73. The number of nitrogens with one attached hydrogen (secondary N) is 3. The van der Waals surface area contributed by atoms with E-state index in [0.717, 1.165) is 30.4 Å². The van der Waals surface area contributed by atoms with Crippen LogP contribution in [-0.4, -0.2) is 38.5 Å². The molecule has 1 aromatic carbocycles. The summed E-state index contributed by atoms with van der Waals surface area (Å²) in [5.41, 5.74) is 1.07. The molecule has 3 N–H and O–H groups in total. The van der Waals surface area contributed by atoms with Gasteiger partial charge >= 0.3 is 0 Å². The molecular weight excluding hydrogens is 336 g/mol. The number of carbonyl (C=O) groups is 1. The lowest BCUT2D eigenvalue weighted by atomic mass is 9.96. The summed E-state index contributed by atoms with van der Waals surface area (Å²) in [6.45, 7) is 7.73. The van der Waals surface area contributed by atoms with Crippen LogP contribution in [0.1, 0.15) is 39.2 Å². The van der Waals surface area contributed by atoms with Crippen LogP contribution in [0.15, 0.2) is 29.3 Å². The zero-order valence-corrected chi connectivity index (χ0v) is 16.3. The van der Waals surface area contributed by atoms with Crippen molar-refractivity contribution in [2.75, 3.05) is 26.7 Å². The molecule has 0 aromatic heterocycles. The average molecular weight is 365 g/mol. The molecule has 2 rings (SSSR count). The molecule has 1 aliphatic rings. The van der Waals surface area contributed by atoms with Crippen LogP contribution in [0.2, 0.25) is 5.02 Å². The first-order valence-electron chi connectivity index (χ1n) is 8.76. The highest BCUT2D eigenvalue weighted by atomic mass is 35.5. The van der Waals surface area contributed by atoms with Gasteiger partial charge in [-0.2, -0.15) is 0 Å². The van der Waals surface area contributed by atoms with Crippen LogP contribution in [-0.2, 0) is 10.2 Å². The molecule has 1 aliphatic carbocycles. The topological polar surface area (TPSA) is 65.5 Å². The Morgan fingerprint density at radius 2 is 1.88 bits per heavy atom. The number of benzene rings is 1. The maximum Gasteiger partial charge on any atom is 0.225 e. The van der Waals surface area contributed by atoms with Gasteiger partial charge in [-0.15, -0.1) is 0 Å². The second-order valence-corrected chi connectivity index (χ2v) is 8.09. The van der Waals surface area contributed by atoms with Crippen molar-refractivity contribution in [3.8, 4) is 0 Å². The predicted molar refractivity (Wildman–Crippen MR) is 104 cm³/mol. The molecule has 0 heterocycles. The van der Waals surface area contributed by atoms with Crippen molar-refractivity contribution in [1.29, 1.82) is 0 Å². The van der Waals surface area contributed by atoms with Crippen molar-refractivity contribution >= 4 is 23.5 Å². The summed E-state index contributed by atoms with van der Waals surface area (Å²) in [5, 5.41) is 10.3. The number of hydrogen-bond acceptors (Lipinski definition) is 2. The second-order valence-electron chi connectivity index (χ2n) is 7.65. The van der Waals surface area contributed by atoms with Gasteiger partial charge in [0, 0.05) is 42.5 Å². The monoisotopic (exact) mass is 364 g/mol. The fourth-order valence-corrected chi connectivity index (χ4v) is 2.82. The third kappa shape index (κ3) is 5.63. The van der Waals surface area contributed by atoms with Crippen molar-refractivity contribution in [2.24, 2.45) is 10.4 Å². The molecule has 1 aromatic rings. The Morgan fingerprint density at radius 1 is 1.20 bits per heavy atom. The fraction of sp³-hybridized carbons (Fsp3) is 0.579. The van der Waals surface area contributed by atoms with E-state index in [4.69, 9.17) is 11.6 Å². The molecule has 5 nitrogen and oxygen atoms in total. The van der Waals surface area contributed by atoms with E-state index < -0.39 is 0 Å². The molecule has 0 atom stereocenters. The molecule has 25 heavy (non-hydrogen) atoms. The summed E-state index contributed by atoms with van der Waals surface area (Å²) in [5.74, 6) is 0.799. The summed E-state index contributed by atoms with van der Waals surface area (Å²) in [7, 11) is 1.75. The van der Waals surface area contributed by atoms with Crippen molar-refractivity contribution in [3.63, 3.8) is 0 Å². The number of aliphatic imine (C=N–C) groups is 1. The van der Waals surface area contributed by atoms with E-state index in [1.807, 2.05) is 32.9 Å². The quantitative estimate of drug-likeness (QED) is 0.413. The molecule has 1 fully saturated rings. The molecule has 0 aliphatic heterocycles. The first-order valence-corrected chi connectivity index (χ1v) is 9.13. The van der Waals surface area contributed by atoms with Gasteiger partial charge in [-0.1, -0.05) is 44.5 Å². The maximum atomic E-state index is 11.8. The highest BCUT2D eigenvalue weighted by molar-refractivity contribution is 6.30. The van der Waals surface area contributed by atoms with E-state index >= 15 is 0 Å². The number of amides is 1. The Hall–Kier alpha value is -1.75. The zero-order chi connectivity index (χ0) is 18.5. The van der Waals surface area contributed by atoms with Gasteiger partial charge in [-0.3, -0.25) is 9.79 Å². The predicted octanol–water partition coefficient (Wildman–Crippen LogP) is 2.70. The Balaban J connectivity index is 1.77. The van der Waals surface area contributed by atoms with Gasteiger partial charge in [0.2, 0.25) is 5.91 Å². The third-order valence-electron chi connectivity index (χ3n) is 4.49. The second kappa shape index (κ2) is 8.09. The van der Waals surface area contributed by atoms with Gasteiger partial charge in [0.05, 0.1) is 0 Å². The van der Waals surface area contributed by atoms with Crippen molar-refractivity contribution < 1.29 is 4.79 Å². The standard InChI is InChI=1S/C19H29ClN4O/c1-18(2,3)16(25)22-10-11-23-17(21-4)24-13-19(8-9-19)14-6-5-7-15(20)12-14/h5-7,12H,8-11,13H2,1-4H3,(H,22,25)(H2,21,23,24). The van der Waals surface area contributed by atoms with Gasteiger partial charge in [-0.25, -0.2) is 0 Å². The van der Waals surface area contributed by atoms with E-state index in [0.29, 0.717) is 13.1 Å². The van der Waals surface area contributed by atoms with Gasteiger partial charge in [0.15, 0.2) is 5.96 Å². The van der Waals surface area contributed by atoms with Gasteiger partial charge in [0.25, 0.3) is 0 Å². The molecule has 6 heteroatoms. The number of guanidine groups is 1. The smallest absolute Gasteiger partial charge is 0.225 e. The van der Waals surface area contributed by atoms with E-state index in [1.165, 1.54) is 5.56 Å². The highest BCUT2D eigenvalue weighted by Crippen LogP contribution is 2.48. The van der Waals surface area contributed by atoms with Crippen LogP contribution < -0.4 is 16.0 Å². The normalized spacial score (nSPS) is 16.3. The van der Waals surface area contributed by atoms with Crippen LogP contribution in [0.4, 0.5) is 0 Å². The maximum absolute atomic E-state index is 11.8. The average Bonchev–Trinajstić information content (AvgIpc) is 3.34. The van der Waals surface area contributed by atoms with Crippen LogP contribution in [0.25, 0.3) is 0 Å². The number of carbonyl (C=O) groups excluding carboxylic acids is 1. The zero-order valence-electron chi connectivity index (χ0n) is 15.6. The number of nitrogens with zero attached hydrogens (tertiary/aromatic N) is 1. The van der Waals surface area contributed by atoms with Crippen LogP contribution in [0.5, 0.6) is 0 Å². The molecule has 0 spiro atoms. The van der Waals surface area contributed by atoms with Crippen molar-refractivity contribution in [2.45, 2.75) is 39.0 Å². The van der Waals surface area contributed by atoms with E-state index in [2.05, 4.69) is 33.1 Å². The van der Waals surface area contributed by atoms with Gasteiger partial charge < -0.3 is 16.0 Å². The Morgan fingerprint density at radius 3 is 2.44 bits per heavy atom. The SMILES string of the molecule is CN=C(NCCNC(=O)C(C)(C)C)NCC1(c2cccc(Cl)c2)CC1. The lowest BCUT2D eigenvalue weighted by molar-refractivity contribution is -0.128. The molecule has 0 unspecified atom stereocenters. The Kier molecular flexibility index (Phi) is 6.33. The number of hydrogen-bond donors (Lipinski definition) is 3. The van der Waals surface area contributed by atoms with Crippen LogP contribution >= 0.6 is 11.6 Å². The molecule has 0 radical (unpaired) electrons. The Labute approximate surface area is 155 Å². The lowest BCUT2D eigenvalue weighted by Gasteiger charge is -2.20. The summed E-state index contributed by atoms with van der Waals surface area (Å²) in [6.07, 6.45) is 2.30. The Bertz CT molecular complexity index is 633. The van der Waals surface area contributed by atoms with Gasteiger partial charge in [-0.05, 0) is 30.5 Å². The van der Waals surface area contributed by atoms with E-state index in [9.17, 15) is 4.79 Å². The summed E-state index contributed by atoms with van der Waals surface area (Å²) >= 11 is 6.12. The summed E-state index contributed by atoms with van der Waals surface area (Å²) in [6, 6.07) is 8.09. The minimum Gasteiger partial charge on any atom is -0.356 e. The largest absolute Gasteiger partial charge is 0.356 e. The molecule has 1 amide bonds. The first kappa shape index (κ1) is 19.6. The molecule has 138 valence electrons. The highest BCUT2D eigenvalue weighted by Gasteiger charge is 2.44. The summed E-state index contributed by atoms with van der Waals surface area (Å²) < 4.78 is 0. The van der Waals surface area contributed by atoms with Crippen LogP contribution in [0, 0.1) is 5.41 Å². The minimum absolute atomic E-state index is 0.0511. The van der Waals surface area contributed by atoms with E-state index in [1.54, 1.807) is 7.05 Å². The lowest BCUT2D eigenvalue weighted by Crippen LogP contribution is -2.45. The molecule has 0 bridgehead atoms. The van der Waals surface area contributed by atoms with E-state index in [-0.39, 0.29) is 16.7 Å². The van der Waals surface area contributed by atoms with Gasteiger partial charge in [0.1, 0.15) is 0 Å². The number of rotatable bonds is 6. The minimum atomic E-state index is -0.366.